The highest BCUT2D eigenvalue weighted by Gasteiger charge is 2.56. The van der Waals surface area contributed by atoms with Crippen molar-refractivity contribution in [3.05, 3.63) is 29.8 Å². The molecule has 2 aliphatic rings. The van der Waals surface area contributed by atoms with Crippen LogP contribution in [0, 0.1) is 0 Å². The molecule has 1 aromatic carbocycles. The Morgan fingerprint density at radius 1 is 1.22 bits per heavy atom. The largest absolute Gasteiger partial charge is 0.573 e. The lowest BCUT2D eigenvalue weighted by Gasteiger charge is -2.11. The minimum absolute atomic E-state index is 0.117. The molecule has 1 saturated carbocycles. The Hall–Kier alpha value is -1.27. The Kier molecular flexibility index (Phi) is 2.53. The first-order valence-corrected chi connectivity index (χ1v) is 5.80. The van der Waals surface area contributed by atoms with E-state index in [1.54, 1.807) is 12.1 Å². The SMILES string of the molecule is FC(F)(F)Oc1ccc(C2CC23CNCN3)cc1. The number of benzene rings is 1. The number of halogens is 3. The van der Waals surface area contributed by atoms with Crippen LogP contribution in [-0.4, -0.2) is 25.1 Å². The standard InChI is InChI=1S/C12H13F3N2O/c13-12(14,15)18-9-3-1-8(2-4-9)10-5-11(10)6-16-7-17-11/h1-4,10,16-17H,5-7H2. The summed E-state index contributed by atoms with van der Waals surface area (Å²) in [6.07, 6.45) is -3.60. The van der Waals surface area contributed by atoms with Gasteiger partial charge in [-0.15, -0.1) is 13.2 Å². The normalized spacial score (nSPS) is 30.7. The molecule has 1 saturated heterocycles. The molecule has 0 bridgehead atoms. The summed E-state index contributed by atoms with van der Waals surface area (Å²) in [5.41, 5.74) is 1.17. The van der Waals surface area contributed by atoms with Gasteiger partial charge >= 0.3 is 6.36 Å². The molecule has 0 radical (unpaired) electrons. The molecule has 1 spiro atoms. The summed E-state index contributed by atoms with van der Waals surface area (Å²) in [4.78, 5) is 0. The minimum atomic E-state index is -4.63. The molecular weight excluding hydrogens is 245 g/mol. The van der Waals surface area contributed by atoms with Gasteiger partial charge in [-0.3, -0.25) is 5.32 Å². The molecule has 2 fully saturated rings. The maximum atomic E-state index is 12.0. The number of hydrogen-bond acceptors (Lipinski definition) is 3. The van der Waals surface area contributed by atoms with E-state index in [-0.39, 0.29) is 11.3 Å². The van der Waals surface area contributed by atoms with Gasteiger partial charge in [0.1, 0.15) is 5.75 Å². The zero-order valence-corrected chi connectivity index (χ0v) is 9.55. The molecule has 2 unspecified atom stereocenters. The monoisotopic (exact) mass is 258 g/mol. The van der Waals surface area contributed by atoms with E-state index in [0.717, 1.165) is 25.2 Å². The van der Waals surface area contributed by atoms with Crippen LogP contribution < -0.4 is 15.4 Å². The highest BCUT2D eigenvalue weighted by Crippen LogP contribution is 2.52. The second-order valence-electron chi connectivity index (χ2n) is 4.81. The van der Waals surface area contributed by atoms with Gasteiger partial charge < -0.3 is 10.1 Å². The van der Waals surface area contributed by atoms with E-state index in [1.807, 2.05) is 0 Å². The van der Waals surface area contributed by atoms with Crippen LogP contribution in [0.2, 0.25) is 0 Å². The molecule has 1 aromatic rings. The number of nitrogens with one attached hydrogen (secondary N) is 2. The van der Waals surface area contributed by atoms with Gasteiger partial charge in [0.2, 0.25) is 0 Å². The van der Waals surface area contributed by atoms with E-state index in [2.05, 4.69) is 15.4 Å². The van der Waals surface area contributed by atoms with Gasteiger partial charge in [-0.1, -0.05) is 12.1 Å². The second-order valence-corrected chi connectivity index (χ2v) is 4.81. The van der Waals surface area contributed by atoms with Gasteiger partial charge in [0, 0.05) is 24.7 Å². The summed E-state index contributed by atoms with van der Waals surface area (Å²) in [5, 5.41) is 6.62. The fourth-order valence-corrected chi connectivity index (χ4v) is 2.62. The Labute approximate surface area is 102 Å². The van der Waals surface area contributed by atoms with Crippen LogP contribution in [0.1, 0.15) is 17.9 Å². The van der Waals surface area contributed by atoms with Crippen molar-refractivity contribution in [2.75, 3.05) is 13.2 Å². The van der Waals surface area contributed by atoms with Crippen LogP contribution >= 0.6 is 0 Å². The minimum Gasteiger partial charge on any atom is -0.406 e. The predicted molar refractivity (Wildman–Crippen MR) is 59.2 cm³/mol. The zero-order chi connectivity index (χ0) is 12.8. The first-order chi connectivity index (χ1) is 8.49. The lowest BCUT2D eigenvalue weighted by atomic mass is 10.1. The third kappa shape index (κ3) is 2.18. The third-order valence-corrected chi connectivity index (χ3v) is 3.60. The van der Waals surface area contributed by atoms with Crippen LogP contribution in [-0.2, 0) is 0 Å². The van der Waals surface area contributed by atoms with Crippen LogP contribution in [0.5, 0.6) is 5.75 Å². The van der Waals surface area contributed by atoms with Gasteiger partial charge in [-0.2, -0.15) is 0 Å². The van der Waals surface area contributed by atoms with Crippen molar-refractivity contribution in [3.8, 4) is 5.75 Å². The van der Waals surface area contributed by atoms with Crippen molar-refractivity contribution < 1.29 is 17.9 Å². The first-order valence-electron chi connectivity index (χ1n) is 5.80. The molecule has 2 atom stereocenters. The average molecular weight is 258 g/mol. The molecule has 2 N–H and O–H groups in total. The highest BCUT2D eigenvalue weighted by atomic mass is 19.4. The molecule has 1 aliphatic heterocycles. The molecule has 3 rings (SSSR count). The Morgan fingerprint density at radius 2 is 1.94 bits per heavy atom. The highest BCUT2D eigenvalue weighted by molar-refractivity contribution is 5.38. The fourth-order valence-electron chi connectivity index (χ4n) is 2.62. The summed E-state index contributed by atoms with van der Waals surface area (Å²) in [6, 6.07) is 6.16. The third-order valence-electron chi connectivity index (χ3n) is 3.60. The van der Waals surface area contributed by atoms with E-state index >= 15 is 0 Å². The van der Waals surface area contributed by atoms with Crippen LogP contribution in [0.25, 0.3) is 0 Å². The van der Waals surface area contributed by atoms with Crippen LogP contribution in [0.15, 0.2) is 24.3 Å². The van der Waals surface area contributed by atoms with Crippen molar-refractivity contribution in [2.45, 2.75) is 24.2 Å². The molecule has 0 amide bonds. The predicted octanol–water partition coefficient (Wildman–Crippen LogP) is 1.96. The van der Waals surface area contributed by atoms with Crippen molar-refractivity contribution in [3.63, 3.8) is 0 Å². The average Bonchev–Trinajstić information content (AvgIpc) is 2.77. The molecule has 1 heterocycles. The Bertz CT molecular complexity index is 438. The lowest BCUT2D eigenvalue weighted by molar-refractivity contribution is -0.274. The molecule has 18 heavy (non-hydrogen) atoms. The number of rotatable bonds is 2. The van der Waals surface area contributed by atoms with Crippen LogP contribution in [0.3, 0.4) is 0 Å². The maximum Gasteiger partial charge on any atom is 0.573 e. The van der Waals surface area contributed by atoms with Crippen molar-refractivity contribution >= 4 is 0 Å². The van der Waals surface area contributed by atoms with E-state index in [9.17, 15) is 13.2 Å². The van der Waals surface area contributed by atoms with Gasteiger partial charge in [0.25, 0.3) is 0 Å². The zero-order valence-electron chi connectivity index (χ0n) is 9.55. The van der Waals surface area contributed by atoms with Gasteiger partial charge in [-0.25, -0.2) is 0 Å². The molecule has 6 heteroatoms. The van der Waals surface area contributed by atoms with E-state index in [0.29, 0.717) is 5.92 Å². The summed E-state index contributed by atoms with van der Waals surface area (Å²) in [6.45, 7) is 1.71. The smallest absolute Gasteiger partial charge is 0.406 e. The summed E-state index contributed by atoms with van der Waals surface area (Å²) >= 11 is 0. The second kappa shape index (κ2) is 3.86. The number of ether oxygens (including phenoxy) is 1. The van der Waals surface area contributed by atoms with Crippen LogP contribution in [0.4, 0.5) is 13.2 Å². The fraction of sp³-hybridized carbons (Fsp3) is 0.500. The Balaban J connectivity index is 1.69. The quantitative estimate of drug-likeness (QED) is 0.850. The molecular formula is C12H13F3N2O. The van der Waals surface area contributed by atoms with E-state index in [1.165, 1.54) is 12.1 Å². The van der Waals surface area contributed by atoms with Gasteiger partial charge in [-0.05, 0) is 24.1 Å². The molecule has 98 valence electrons. The van der Waals surface area contributed by atoms with Crippen molar-refractivity contribution in [1.82, 2.24) is 10.6 Å². The molecule has 0 aromatic heterocycles. The lowest BCUT2D eigenvalue weighted by Crippen LogP contribution is -2.27. The van der Waals surface area contributed by atoms with E-state index < -0.39 is 6.36 Å². The number of alkyl halides is 3. The maximum absolute atomic E-state index is 12.0. The van der Waals surface area contributed by atoms with E-state index in [4.69, 9.17) is 0 Å². The van der Waals surface area contributed by atoms with Gasteiger partial charge in [0.05, 0.1) is 0 Å². The summed E-state index contributed by atoms with van der Waals surface area (Å²) < 4.78 is 39.9. The Morgan fingerprint density at radius 3 is 2.50 bits per heavy atom. The summed E-state index contributed by atoms with van der Waals surface area (Å²) in [7, 11) is 0. The first kappa shape index (κ1) is 11.8. The molecule has 1 aliphatic carbocycles. The van der Waals surface area contributed by atoms with Gasteiger partial charge in [0.15, 0.2) is 0 Å². The van der Waals surface area contributed by atoms with Crippen molar-refractivity contribution in [1.29, 1.82) is 0 Å². The number of hydrogen-bond donors (Lipinski definition) is 2. The van der Waals surface area contributed by atoms with Crippen molar-refractivity contribution in [2.24, 2.45) is 0 Å². The topological polar surface area (TPSA) is 33.3 Å². The summed E-state index contributed by atoms with van der Waals surface area (Å²) in [5.74, 6) is 0.214. The molecule has 3 nitrogen and oxygen atoms in total.